The Morgan fingerprint density at radius 3 is 2.16 bits per heavy atom. The molecule has 99 valence electrons. The van der Waals surface area contributed by atoms with Gasteiger partial charge in [-0.1, -0.05) is 36.4 Å². The third-order valence-corrected chi connectivity index (χ3v) is 2.69. The fourth-order valence-electron chi connectivity index (χ4n) is 1.86. The summed E-state index contributed by atoms with van der Waals surface area (Å²) in [5, 5.41) is 0. The summed E-state index contributed by atoms with van der Waals surface area (Å²) in [4.78, 5) is 0. The number of hydrogen-bond acceptors (Lipinski definition) is 1. The lowest BCUT2D eigenvalue weighted by atomic mass is 9.98. The number of alkyl halides is 3. The maximum atomic E-state index is 12.1. The standard InChI is InChI=1S/C15H12F3O/c1-2-11-5-3-4-6-14(11)12-7-9-13(10-8-12)19-15(16,17)18/h3-10H,1-2H2. The minimum atomic E-state index is -4.66. The van der Waals surface area contributed by atoms with Crippen molar-refractivity contribution in [2.75, 3.05) is 0 Å². The van der Waals surface area contributed by atoms with E-state index in [1.807, 2.05) is 24.3 Å². The molecule has 2 aromatic rings. The molecule has 0 unspecified atom stereocenters. The van der Waals surface area contributed by atoms with Crippen LogP contribution in [-0.4, -0.2) is 6.36 Å². The first-order valence-corrected chi connectivity index (χ1v) is 5.73. The number of rotatable bonds is 3. The summed E-state index contributed by atoms with van der Waals surface area (Å²) in [5.74, 6) is -0.219. The fourth-order valence-corrected chi connectivity index (χ4v) is 1.86. The maximum Gasteiger partial charge on any atom is 0.573 e. The highest BCUT2D eigenvalue weighted by Crippen LogP contribution is 2.28. The molecule has 0 aliphatic rings. The van der Waals surface area contributed by atoms with Gasteiger partial charge >= 0.3 is 6.36 Å². The van der Waals surface area contributed by atoms with E-state index in [0.29, 0.717) is 6.42 Å². The molecular weight excluding hydrogens is 253 g/mol. The average Bonchev–Trinajstić information content (AvgIpc) is 2.38. The van der Waals surface area contributed by atoms with Crippen LogP contribution in [0.2, 0.25) is 0 Å². The smallest absolute Gasteiger partial charge is 0.406 e. The summed E-state index contributed by atoms with van der Waals surface area (Å²) in [6.45, 7) is 3.83. The van der Waals surface area contributed by atoms with Gasteiger partial charge < -0.3 is 4.74 Å². The maximum absolute atomic E-state index is 12.1. The zero-order chi connectivity index (χ0) is 13.9. The summed E-state index contributed by atoms with van der Waals surface area (Å²) in [6.07, 6.45) is -4.04. The molecule has 0 amide bonds. The Balaban J connectivity index is 2.27. The van der Waals surface area contributed by atoms with Crippen molar-refractivity contribution in [1.82, 2.24) is 0 Å². The molecule has 0 saturated carbocycles. The highest BCUT2D eigenvalue weighted by molar-refractivity contribution is 5.68. The molecule has 4 heteroatoms. The monoisotopic (exact) mass is 265 g/mol. The van der Waals surface area contributed by atoms with Crippen molar-refractivity contribution < 1.29 is 17.9 Å². The molecule has 0 saturated heterocycles. The first kappa shape index (κ1) is 13.5. The minimum absolute atomic E-state index is 0.219. The molecule has 2 rings (SSSR count). The number of ether oxygens (including phenoxy) is 1. The van der Waals surface area contributed by atoms with Crippen LogP contribution in [0.4, 0.5) is 13.2 Å². The molecule has 0 aromatic heterocycles. The Morgan fingerprint density at radius 2 is 1.58 bits per heavy atom. The highest BCUT2D eigenvalue weighted by Gasteiger charge is 2.30. The first-order chi connectivity index (χ1) is 8.99. The molecule has 0 bridgehead atoms. The van der Waals surface area contributed by atoms with E-state index in [2.05, 4.69) is 11.7 Å². The third-order valence-electron chi connectivity index (χ3n) is 2.69. The van der Waals surface area contributed by atoms with Crippen molar-refractivity contribution >= 4 is 0 Å². The lowest BCUT2D eigenvalue weighted by molar-refractivity contribution is -0.274. The van der Waals surface area contributed by atoms with E-state index in [-0.39, 0.29) is 5.75 Å². The first-order valence-electron chi connectivity index (χ1n) is 5.73. The van der Waals surface area contributed by atoms with E-state index in [1.165, 1.54) is 12.1 Å². The quantitative estimate of drug-likeness (QED) is 0.786. The van der Waals surface area contributed by atoms with Gasteiger partial charge in [-0.3, -0.25) is 0 Å². The van der Waals surface area contributed by atoms with Crippen LogP contribution in [0.3, 0.4) is 0 Å². The summed E-state index contributed by atoms with van der Waals surface area (Å²) in [5.41, 5.74) is 2.86. The predicted molar refractivity (Wildman–Crippen MR) is 67.6 cm³/mol. The summed E-state index contributed by atoms with van der Waals surface area (Å²) < 4.78 is 40.0. The number of hydrogen-bond donors (Lipinski definition) is 0. The Kier molecular flexibility index (Phi) is 3.79. The van der Waals surface area contributed by atoms with Gasteiger partial charge in [-0.25, -0.2) is 0 Å². The summed E-state index contributed by atoms with van der Waals surface area (Å²) in [7, 11) is 0. The molecule has 0 aliphatic heterocycles. The van der Waals surface area contributed by atoms with Gasteiger partial charge in [-0.15, -0.1) is 13.2 Å². The lowest BCUT2D eigenvalue weighted by Crippen LogP contribution is -2.16. The second kappa shape index (κ2) is 5.34. The van der Waals surface area contributed by atoms with Crippen LogP contribution in [0.1, 0.15) is 5.56 Å². The van der Waals surface area contributed by atoms with E-state index >= 15 is 0 Å². The Labute approximate surface area is 109 Å². The molecule has 2 aromatic carbocycles. The van der Waals surface area contributed by atoms with Crippen LogP contribution in [-0.2, 0) is 6.42 Å². The van der Waals surface area contributed by atoms with Gasteiger partial charge in [-0.05, 0) is 42.2 Å². The zero-order valence-electron chi connectivity index (χ0n) is 10.1. The van der Waals surface area contributed by atoms with Crippen molar-refractivity contribution in [3.63, 3.8) is 0 Å². The van der Waals surface area contributed by atoms with Gasteiger partial charge in [0.25, 0.3) is 0 Å². The predicted octanol–water partition coefficient (Wildman–Crippen LogP) is 4.63. The molecule has 0 aliphatic carbocycles. The molecule has 0 spiro atoms. The SMILES string of the molecule is [CH2]Cc1ccccc1-c1ccc(OC(F)(F)F)cc1. The van der Waals surface area contributed by atoms with Crippen LogP contribution in [0.15, 0.2) is 48.5 Å². The van der Waals surface area contributed by atoms with E-state index < -0.39 is 6.36 Å². The number of benzene rings is 2. The van der Waals surface area contributed by atoms with E-state index in [0.717, 1.165) is 16.7 Å². The van der Waals surface area contributed by atoms with Gasteiger partial charge in [0.15, 0.2) is 0 Å². The number of halogens is 3. The molecule has 19 heavy (non-hydrogen) atoms. The Morgan fingerprint density at radius 1 is 0.947 bits per heavy atom. The normalized spacial score (nSPS) is 11.4. The van der Waals surface area contributed by atoms with Crippen LogP contribution >= 0.6 is 0 Å². The molecule has 0 heterocycles. The topological polar surface area (TPSA) is 9.23 Å². The van der Waals surface area contributed by atoms with Crippen LogP contribution < -0.4 is 4.74 Å². The van der Waals surface area contributed by atoms with Crippen LogP contribution in [0.5, 0.6) is 5.75 Å². The van der Waals surface area contributed by atoms with E-state index in [1.54, 1.807) is 12.1 Å². The molecule has 1 nitrogen and oxygen atoms in total. The van der Waals surface area contributed by atoms with E-state index in [4.69, 9.17) is 0 Å². The molecular formula is C15H12F3O. The molecule has 0 atom stereocenters. The molecule has 1 radical (unpaired) electrons. The lowest BCUT2D eigenvalue weighted by Gasteiger charge is -2.11. The van der Waals surface area contributed by atoms with Crippen LogP contribution in [0.25, 0.3) is 11.1 Å². The van der Waals surface area contributed by atoms with Gasteiger partial charge in [-0.2, -0.15) is 0 Å². The second-order valence-corrected chi connectivity index (χ2v) is 3.98. The second-order valence-electron chi connectivity index (χ2n) is 3.98. The van der Waals surface area contributed by atoms with Gasteiger partial charge in [0.1, 0.15) is 5.75 Å². The van der Waals surface area contributed by atoms with Gasteiger partial charge in [0.05, 0.1) is 0 Å². The van der Waals surface area contributed by atoms with Crippen molar-refractivity contribution in [2.24, 2.45) is 0 Å². The van der Waals surface area contributed by atoms with Crippen molar-refractivity contribution in [2.45, 2.75) is 12.8 Å². The van der Waals surface area contributed by atoms with Gasteiger partial charge in [0, 0.05) is 0 Å². The Hall–Kier alpha value is -1.97. The van der Waals surface area contributed by atoms with Crippen LogP contribution in [0, 0.1) is 6.92 Å². The van der Waals surface area contributed by atoms with Crippen molar-refractivity contribution in [3.8, 4) is 16.9 Å². The highest BCUT2D eigenvalue weighted by atomic mass is 19.4. The van der Waals surface area contributed by atoms with Crippen molar-refractivity contribution in [3.05, 3.63) is 61.0 Å². The largest absolute Gasteiger partial charge is 0.573 e. The molecule has 0 fully saturated rings. The summed E-state index contributed by atoms with van der Waals surface area (Å²) >= 11 is 0. The van der Waals surface area contributed by atoms with Crippen molar-refractivity contribution in [1.29, 1.82) is 0 Å². The molecule has 0 N–H and O–H groups in total. The Bertz CT molecular complexity index is 544. The zero-order valence-corrected chi connectivity index (χ0v) is 10.1. The fraction of sp³-hybridized carbons (Fsp3) is 0.133. The average molecular weight is 265 g/mol. The van der Waals surface area contributed by atoms with Gasteiger partial charge in [0.2, 0.25) is 0 Å². The summed E-state index contributed by atoms with van der Waals surface area (Å²) in [6, 6.07) is 13.5. The minimum Gasteiger partial charge on any atom is -0.406 e. The third kappa shape index (κ3) is 3.50. The van der Waals surface area contributed by atoms with E-state index in [9.17, 15) is 13.2 Å².